The molecule has 0 unspecified atom stereocenters. The van der Waals surface area contributed by atoms with Crippen LogP contribution in [0, 0.1) is 0 Å². The molecular weight excluding hydrogens is 300 g/mol. The topological polar surface area (TPSA) is 57.3 Å². The van der Waals surface area contributed by atoms with Gasteiger partial charge in [0.1, 0.15) is 0 Å². The summed E-state index contributed by atoms with van der Waals surface area (Å²) in [7, 11) is 0. The van der Waals surface area contributed by atoms with E-state index >= 15 is 0 Å². The first-order valence-corrected chi connectivity index (χ1v) is 8.26. The first-order valence-electron chi connectivity index (χ1n) is 7.89. The molecule has 1 saturated heterocycles. The normalized spacial score (nSPS) is 18.4. The van der Waals surface area contributed by atoms with Gasteiger partial charge in [0.2, 0.25) is 5.91 Å². The molecule has 1 aliphatic heterocycles. The predicted octanol–water partition coefficient (Wildman–Crippen LogP) is 2.52. The quantitative estimate of drug-likeness (QED) is 0.817. The van der Waals surface area contributed by atoms with Gasteiger partial charge in [0, 0.05) is 31.4 Å². The second-order valence-corrected chi connectivity index (χ2v) is 6.50. The number of likely N-dealkylation sites (tertiary alicyclic amines) is 1. The minimum Gasteiger partial charge on any atom is -0.322 e. The van der Waals surface area contributed by atoms with Crippen molar-refractivity contribution in [2.24, 2.45) is 0 Å². The lowest BCUT2D eigenvalue weighted by Gasteiger charge is -2.36. The molecule has 2 heterocycles. The van der Waals surface area contributed by atoms with Crippen LogP contribution < -0.4 is 10.6 Å². The molecule has 6 heteroatoms. The molecule has 1 amide bonds. The van der Waals surface area contributed by atoms with Gasteiger partial charge in [0.15, 0.2) is 5.15 Å². The summed E-state index contributed by atoms with van der Waals surface area (Å²) < 4.78 is 0. The van der Waals surface area contributed by atoms with Crippen molar-refractivity contribution in [2.45, 2.75) is 51.7 Å². The minimum atomic E-state index is -0.170. The molecule has 1 aliphatic rings. The summed E-state index contributed by atoms with van der Waals surface area (Å²) in [5, 5.41) is 6.75. The summed E-state index contributed by atoms with van der Waals surface area (Å²) in [6, 6.07) is 4.41. The summed E-state index contributed by atoms with van der Waals surface area (Å²) in [5.74, 6) is -0.0369. The van der Waals surface area contributed by atoms with Crippen LogP contribution in [0.15, 0.2) is 18.3 Å². The van der Waals surface area contributed by atoms with Gasteiger partial charge in [-0.3, -0.25) is 9.69 Å². The van der Waals surface area contributed by atoms with Gasteiger partial charge >= 0.3 is 0 Å². The Kier molecular flexibility index (Phi) is 6.17. The number of rotatable bonds is 5. The Balaban J connectivity index is 1.86. The monoisotopic (exact) mass is 324 g/mol. The van der Waals surface area contributed by atoms with E-state index in [1.165, 1.54) is 0 Å². The van der Waals surface area contributed by atoms with Crippen LogP contribution in [-0.4, -0.2) is 47.0 Å². The molecule has 1 aromatic rings. The fraction of sp³-hybridized carbons (Fsp3) is 0.625. The molecule has 2 rings (SSSR count). The van der Waals surface area contributed by atoms with Crippen LogP contribution in [0.4, 0.5) is 5.69 Å². The molecule has 22 heavy (non-hydrogen) atoms. The smallest absolute Gasteiger partial charge is 0.241 e. The maximum absolute atomic E-state index is 12.4. The first kappa shape index (κ1) is 17.2. The molecule has 5 nitrogen and oxygen atoms in total. The van der Waals surface area contributed by atoms with Crippen molar-refractivity contribution in [3.8, 4) is 0 Å². The van der Waals surface area contributed by atoms with Crippen LogP contribution >= 0.6 is 11.6 Å². The fourth-order valence-electron chi connectivity index (χ4n) is 2.81. The zero-order valence-electron chi connectivity index (χ0n) is 13.5. The molecule has 2 N–H and O–H groups in total. The minimum absolute atomic E-state index is 0.0369. The third-order valence-corrected chi connectivity index (χ3v) is 4.34. The Bertz CT molecular complexity index is 501. The number of hydrogen-bond acceptors (Lipinski definition) is 4. The lowest BCUT2D eigenvalue weighted by atomic mass is 10.0. The van der Waals surface area contributed by atoms with Crippen LogP contribution in [0.2, 0.25) is 5.15 Å². The standard InChI is InChI=1S/C16H25ClN4O/c1-11(2)19-13-6-9-21(10-7-13)12(3)16(22)20-14-5-4-8-18-15(14)17/h4-5,8,11-13,19H,6-7,9-10H2,1-3H3,(H,20,22)/t12-/m1/s1. The number of nitrogens with one attached hydrogen (secondary N) is 2. The Hall–Kier alpha value is -1.17. The summed E-state index contributed by atoms with van der Waals surface area (Å²) in [6.07, 6.45) is 3.75. The number of piperidine rings is 1. The highest BCUT2D eigenvalue weighted by Gasteiger charge is 2.27. The van der Waals surface area contributed by atoms with Gasteiger partial charge < -0.3 is 10.6 Å². The van der Waals surface area contributed by atoms with Crippen molar-refractivity contribution < 1.29 is 4.79 Å². The number of anilines is 1. The van der Waals surface area contributed by atoms with E-state index in [2.05, 4.69) is 34.4 Å². The molecule has 0 saturated carbocycles. The fourth-order valence-corrected chi connectivity index (χ4v) is 2.97. The SMILES string of the molecule is CC(C)NC1CCN([C@H](C)C(=O)Nc2cccnc2Cl)CC1. The predicted molar refractivity (Wildman–Crippen MR) is 90.2 cm³/mol. The molecule has 122 valence electrons. The van der Waals surface area contributed by atoms with Crippen LogP contribution in [-0.2, 0) is 4.79 Å². The van der Waals surface area contributed by atoms with Crippen molar-refractivity contribution in [1.29, 1.82) is 0 Å². The van der Waals surface area contributed by atoms with E-state index in [4.69, 9.17) is 11.6 Å². The molecule has 0 radical (unpaired) electrons. The van der Waals surface area contributed by atoms with Crippen LogP contribution in [0.5, 0.6) is 0 Å². The van der Waals surface area contributed by atoms with Crippen molar-refractivity contribution in [2.75, 3.05) is 18.4 Å². The lowest BCUT2D eigenvalue weighted by Crippen LogP contribution is -2.50. The Morgan fingerprint density at radius 3 is 2.64 bits per heavy atom. The summed E-state index contributed by atoms with van der Waals surface area (Å²) >= 11 is 5.98. The summed E-state index contributed by atoms with van der Waals surface area (Å²) in [6.45, 7) is 8.13. The van der Waals surface area contributed by atoms with Crippen LogP contribution in [0.3, 0.4) is 0 Å². The number of carbonyl (C=O) groups is 1. The van der Waals surface area contributed by atoms with Crippen LogP contribution in [0.1, 0.15) is 33.6 Å². The van der Waals surface area contributed by atoms with E-state index in [9.17, 15) is 4.79 Å². The van der Waals surface area contributed by atoms with E-state index in [-0.39, 0.29) is 11.9 Å². The number of carbonyl (C=O) groups excluding carboxylic acids is 1. The van der Waals surface area contributed by atoms with Gasteiger partial charge in [-0.2, -0.15) is 0 Å². The summed E-state index contributed by atoms with van der Waals surface area (Å²) in [5.41, 5.74) is 0.567. The number of pyridine rings is 1. The number of amides is 1. The highest BCUT2D eigenvalue weighted by atomic mass is 35.5. The average Bonchev–Trinajstić information content (AvgIpc) is 2.49. The Morgan fingerprint density at radius 2 is 2.05 bits per heavy atom. The summed E-state index contributed by atoms with van der Waals surface area (Å²) in [4.78, 5) is 18.6. The van der Waals surface area contributed by atoms with E-state index < -0.39 is 0 Å². The molecule has 1 atom stereocenters. The van der Waals surface area contributed by atoms with Gasteiger partial charge in [-0.1, -0.05) is 25.4 Å². The lowest BCUT2D eigenvalue weighted by molar-refractivity contribution is -0.121. The number of halogens is 1. The highest BCUT2D eigenvalue weighted by molar-refractivity contribution is 6.32. The van der Waals surface area contributed by atoms with Crippen LogP contribution in [0.25, 0.3) is 0 Å². The number of aromatic nitrogens is 1. The molecule has 1 fully saturated rings. The molecule has 1 aromatic heterocycles. The second kappa shape index (κ2) is 7.90. The highest BCUT2D eigenvalue weighted by Crippen LogP contribution is 2.19. The Labute approximate surface area is 137 Å². The largest absolute Gasteiger partial charge is 0.322 e. The van der Waals surface area contributed by atoms with Gasteiger partial charge in [-0.15, -0.1) is 0 Å². The van der Waals surface area contributed by atoms with Gasteiger partial charge in [0.05, 0.1) is 11.7 Å². The maximum atomic E-state index is 12.4. The molecular formula is C16H25ClN4O. The zero-order valence-corrected chi connectivity index (χ0v) is 14.2. The Morgan fingerprint density at radius 1 is 1.36 bits per heavy atom. The van der Waals surface area contributed by atoms with Crippen molar-refractivity contribution >= 4 is 23.2 Å². The zero-order chi connectivity index (χ0) is 16.1. The molecule has 0 spiro atoms. The van der Waals surface area contributed by atoms with Gasteiger partial charge in [-0.05, 0) is 31.9 Å². The number of hydrogen-bond donors (Lipinski definition) is 2. The van der Waals surface area contributed by atoms with Crippen molar-refractivity contribution in [1.82, 2.24) is 15.2 Å². The third-order valence-electron chi connectivity index (χ3n) is 4.04. The van der Waals surface area contributed by atoms with Crippen molar-refractivity contribution in [3.63, 3.8) is 0 Å². The molecule has 0 aromatic carbocycles. The average molecular weight is 325 g/mol. The molecule has 0 bridgehead atoms. The van der Waals surface area contributed by atoms with Gasteiger partial charge in [0.25, 0.3) is 0 Å². The number of nitrogens with zero attached hydrogens (tertiary/aromatic N) is 2. The molecule has 0 aliphatic carbocycles. The van der Waals surface area contributed by atoms with Gasteiger partial charge in [-0.25, -0.2) is 4.98 Å². The van der Waals surface area contributed by atoms with E-state index in [0.29, 0.717) is 22.9 Å². The van der Waals surface area contributed by atoms with Crippen molar-refractivity contribution in [3.05, 3.63) is 23.5 Å². The maximum Gasteiger partial charge on any atom is 0.241 e. The van der Waals surface area contributed by atoms with E-state index in [1.807, 2.05) is 6.92 Å². The van der Waals surface area contributed by atoms with E-state index in [0.717, 1.165) is 25.9 Å². The second-order valence-electron chi connectivity index (χ2n) is 6.14. The van der Waals surface area contributed by atoms with E-state index in [1.54, 1.807) is 18.3 Å². The first-order chi connectivity index (χ1) is 10.5. The third kappa shape index (κ3) is 4.66.